The van der Waals surface area contributed by atoms with Crippen molar-refractivity contribution in [2.75, 3.05) is 5.43 Å². The van der Waals surface area contributed by atoms with Crippen LogP contribution in [0.3, 0.4) is 0 Å². The summed E-state index contributed by atoms with van der Waals surface area (Å²) >= 11 is 0. The van der Waals surface area contributed by atoms with Gasteiger partial charge in [0.2, 0.25) is 10.0 Å². The van der Waals surface area contributed by atoms with E-state index in [-0.39, 0.29) is 10.6 Å². The number of anilines is 1. The van der Waals surface area contributed by atoms with Gasteiger partial charge in [-0.05, 0) is 35.7 Å². The van der Waals surface area contributed by atoms with Crippen LogP contribution in [0.2, 0.25) is 0 Å². The van der Waals surface area contributed by atoms with E-state index in [1.54, 1.807) is 6.92 Å². The van der Waals surface area contributed by atoms with Gasteiger partial charge in [-0.3, -0.25) is 15.5 Å². The van der Waals surface area contributed by atoms with Crippen LogP contribution >= 0.6 is 0 Å². The maximum atomic E-state index is 11.4. The van der Waals surface area contributed by atoms with E-state index < -0.39 is 20.6 Å². The van der Waals surface area contributed by atoms with Gasteiger partial charge in [-0.25, -0.2) is 13.6 Å². The molecule has 0 bridgehead atoms. The second kappa shape index (κ2) is 8.21. The minimum absolute atomic E-state index is 0.0580. The third-order valence-electron chi connectivity index (χ3n) is 4.25. The number of nitro groups is 1. The number of hydrazone groups is 1. The number of nitrogens with one attached hydrogen (secondary N) is 1. The summed E-state index contributed by atoms with van der Waals surface area (Å²) in [4.78, 5) is 10.2. The molecule has 0 saturated heterocycles. The Labute approximate surface area is 167 Å². The average Bonchev–Trinajstić information content (AvgIpc) is 2.72. The molecular formula is C20H18N4O4S. The summed E-state index contributed by atoms with van der Waals surface area (Å²) in [6, 6.07) is 21.0. The van der Waals surface area contributed by atoms with E-state index in [1.807, 2.05) is 54.6 Å². The van der Waals surface area contributed by atoms with Gasteiger partial charge in [0.15, 0.2) is 0 Å². The van der Waals surface area contributed by atoms with Crippen molar-refractivity contribution < 1.29 is 13.3 Å². The van der Waals surface area contributed by atoms with Crippen molar-refractivity contribution in [1.82, 2.24) is 0 Å². The predicted octanol–water partition coefficient (Wildman–Crippen LogP) is 3.75. The Bertz CT molecular complexity index is 1170. The number of nitrogens with two attached hydrogens (primary N) is 1. The van der Waals surface area contributed by atoms with E-state index in [0.29, 0.717) is 5.71 Å². The minimum atomic E-state index is -4.04. The third kappa shape index (κ3) is 4.84. The molecule has 0 atom stereocenters. The molecule has 0 aliphatic heterocycles. The highest BCUT2D eigenvalue weighted by Gasteiger charge is 2.19. The standard InChI is InChI=1S/C20H18N4O4S/c1-14(15-7-9-17(10-8-15)16-5-3-2-4-6-16)22-23-19-12-11-18(29(21,27)28)13-20(19)24(25)26/h2-13,23H,1H3,(H2,21,27,28)/b22-14+. The first-order valence-corrected chi connectivity index (χ1v) is 10.1. The van der Waals surface area contributed by atoms with Crippen LogP contribution in [0.4, 0.5) is 11.4 Å². The Morgan fingerprint density at radius 2 is 1.62 bits per heavy atom. The van der Waals surface area contributed by atoms with Crippen LogP contribution in [-0.2, 0) is 10.0 Å². The number of sulfonamides is 1. The Hall–Kier alpha value is -3.56. The molecule has 0 aliphatic carbocycles. The summed E-state index contributed by atoms with van der Waals surface area (Å²) in [5.41, 5.74) is 5.84. The van der Waals surface area contributed by atoms with Crippen molar-refractivity contribution in [2.45, 2.75) is 11.8 Å². The lowest BCUT2D eigenvalue weighted by atomic mass is 10.0. The Morgan fingerprint density at radius 3 is 2.21 bits per heavy atom. The fourth-order valence-electron chi connectivity index (χ4n) is 2.68. The van der Waals surface area contributed by atoms with Crippen LogP contribution in [0.1, 0.15) is 12.5 Å². The first-order valence-electron chi connectivity index (χ1n) is 8.53. The van der Waals surface area contributed by atoms with Gasteiger partial charge in [0.1, 0.15) is 5.69 Å². The molecule has 0 aromatic heterocycles. The van der Waals surface area contributed by atoms with Crippen LogP contribution in [0, 0.1) is 10.1 Å². The van der Waals surface area contributed by atoms with Crippen LogP contribution in [-0.4, -0.2) is 19.1 Å². The van der Waals surface area contributed by atoms with Gasteiger partial charge in [-0.15, -0.1) is 0 Å². The van der Waals surface area contributed by atoms with E-state index in [9.17, 15) is 18.5 Å². The van der Waals surface area contributed by atoms with Crippen LogP contribution in [0.15, 0.2) is 82.8 Å². The van der Waals surface area contributed by atoms with Gasteiger partial charge < -0.3 is 0 Å². The maximum absolute atomic E-state index is 11.4. The molecule has 0 saturated carbocycles. The zero-order valence-electron chi connectivity index (χ0n) is 15.4. The highest BCUT2D eigenvalue weighted by molar-refractivity contribution is 7.89. The monoisotopic (exact) mass is 410 g/mol. The van der Waals surface area contributed by atoms with Crippen molar-refractivity contribution in [2.24, 2.45) is 10.2 Å². The molecule has 0 spiro atoms. The normalized spacial score (nSPS) is 11.9. The van der Waals surface area contributed by atoms with Gasteiger partial charge >= 0.3 is 0 Å². The molecule has 3 N–H and O–H groups in total. The number of primary sulfonamides is 1. The highest BCUT2D eigenvalue weighted by Crippen LogP contribution is 2.27. The average molecular weight is 410 g/mol. The molecule has 0 heterocycles. The molecule has 0 amide bonds. The van der Waals surface area contributed by atoms with Crippen molar-refractivity contribution in [3.05, 3.63) is 88.5 Å². The van der Waals surface area contributed by atoms with Gasteiger partial charge in [-0.2, -0.15) is 5.10 Å². The highest BCUT2D eigenvalue weighted by atomic mass is 32.2. The maximum Gasteiger partial charge on any atom is 0.295 e. The first-order chi connectivity index (χ1) is 13.8. The summed E-state index contributed by atoms with van der Waals surface area (Å²) in [5, 5.41) is 20.5. The molecule has 0 unspecified atom stereocenters. The third-order valence-corrected chi connectivity index (χ3v) is 5.16. The lowest BCUT2D eigenvalue weighted by molar-refractivity contribution is -0.384. The molecular weight excluding hydrogens is 392 g/mol. The Balaban J connectivity index is 1.83. The molecule has 148 valence electrons. The number of rotatable bonds is 6. The zero-order valence-corrected chi connectivity index (χ0v) is 16.3. The van der Waals surface area contributed by atoms with Gasteiger partial charge in [0.05, 0.1) is 15.5 Å². The lowest BCUT2D eigenvalue weighted by Gasteiger charge is -2.07. The minimum Gasteiger partial charge on any atom is -0.271 e. The van der Waals surface area contributed by atoms with E-state index in [4.69, 9.17) is 5.14 Å². The van der Waals surface area contributed by atoms with E-state index in [0.717, 1.165) is 22.8 Å². The molecule has 8 nitrogen and oxygen atoms in total. The van der Waals surface area contributed by atoms with E-state index in [2.05, 4.69) is 10.5 Å². The Kier molecular flexibility index (Phi) is 5.71. The summed E-state index contributed by atoms with van der Waals surface area (Å²) in [5.74, 6) is 0. The SMILES string of the molecule is C/C(=N\Nc1ccc(S(N)(=O)=O)cc1[N+](=O)[O-])c1ccc(-c2ccccc2)cc1. The lowest BCUT2D eigenvalue weighted by Crippen LogP contribution is -2.12. The summed E-state index contributed by atoms with van der Waals surface area (Å²) in [6.07, 6.45) is 0. The van der Waals surface area contributed by atoms with Gasteiger partial charge in [0.25, 0.3) is 5.69 Å². The molecule has 9 heteroatoms. The topological polar surface area (TPSA) is 128 Å². The van der Waals surface area contributed by atoms with Gasteiger partial charge in [-0.1, -0.05) is 54.6 Å². The zero-order chi connectivity index (χ0) is 21.0. The van der Waals surface area contributed by atoms with Crippen molar-refractivity contribution in [1.29, 1.82) is 0 Å². The number of benzene rings is 3. The largest absolute Gasteiger partial charge is 0.295 e. The summed E-state index contributed by atoms with van der Waals surface area (Å²) < 4.78 is 22.8. The molecule has 0 aliphatic rings. The fraction of sp³-hybridized carbons (Fsp3) is 0.0500. The smallest absolute Gasteiger partial charge is 0.271 e. The Morgan fingerprint density at radius 1 is 1.00 bits per heavy atom. The molecule has 3 aromatic rings. The van der Waals surface area contributed by atoms with Crippen LogP contribution in [0.25, 0.3) is 11.1 Å². The fourth-order valence-corrected chi connectivity index (χ4v) is 3.21. The predicted molar refractivity (Wildman–Crippen MR) is 112 cm³/mol. The van der Waals surface area contributed by atoms with E-state index >= 15 is 0 Å². The number of hydrogen-bond donors (Lipinski definition) is 2. The van der Waals surface area contributed by atoms with E-state index in [1.165, 1.54) is 12.1 Å². The van der Waals surface area contributed by atoms with Crippen LogP contribution < -0.4 is 10.6 Å². The molecule has 3 aromatic carbocycles. The van der Waals surface area contributed by atoms with Crippen molar-refractivity contribution in [3.63, 3.8) is 0 Å². The summed E-state index contributed by atoms with van der Waals surface area (Å²) in [6.45, 7) is 1.76. The van der Waals surface area contributed by atoms with Gasteiger partial charge in [0, 0.05) is 6.07 Å². The molecule has 3 rings (SSSR count). The molecule has 0 fully saturated rings. The van der Waals surface area contributed by atoms with Crippen molar-refractivity contribution >= 4 is 27.1 Å². The quantitative estimate of drug-likeness (QED) is 0.363. The number of nitro benzene ring substituents is 1. The second-order valence-corrected chi connectivity index (χ2v) is 7.79. The molecule has 0 radical (unpaired) electrons. The van der Waals surface area contributed by atoms with Crippen molar-refractivity contribution in [3.8, 4) is 11.1 Å². The van der Waals surface area contributed by atoms with Crippen LogP contribution in [0.5, 0.6) is 0 Å². The first kappa shape index (κ1) is 20.2. The second-order valence-electron chi connectivity index (χ2n) is 6.23. The number of nitrogens with zero attached hydrogens (tertiary/aromatic N) is 2. The summed E-state index contributed by atoms with van der Waals surface area (Å²) in [7, 11) is -4.04. The molecule has 29 heavy (non-hydrogen) atoms. The number of hydrogen-bond acceptors (Lipinski definition) is 6.